The van der Waals surface area contributed by atoms with Crippen LogP contribution in [0.4, 0.5) is 0 Å². The van der Waals surface area contributed by atoms with Crippen molar-refractivity contribution in [2.45, 2.75) is 6.92 Å². The lowest BCUT2D eigenvalue weighted by atomic mass is 10.1. The second kappa shape index (κ2) is 3.92. The third-order valence-corrected chi connectivity index (χ3v) is 3.02. The summed E-state index contributed by atoms with van der Waals surface area (Å²) in [7, 11) is 0. The number of H-pyrrole nitrogens is 1. The van der Waals surface area contributed by atoms with Gasteiger partial charge in [0, 0.05) is 16.1 Å². The van der Waals surface area contributed by atoms with E-state index in [1.54, 1.807) is 6.20 Å². The first-order valence-corrected chi connectivity index (χ1v) is 5.97. The highest BCUT2D eigenvalue weighted by molar-refractivity contribution is 9.10. The summed E-state index contributed by atoms with van der Waals surface area (Å²) in [5.74, 6) is 0.750. The summed E-state index contributed by atoms with van der Waals surface area (Å²) in [6.07, 6.45) is 1.72. The summed E-state index contributed by atoms with van der Waals surface area (Å²) >= 11 is 3.45. The molecule has 2 heterocycles. The molecule has 0 aliphatic carbocycles. The number of rotatable bonds is 1. The monoisotopic (exact) mass is 288 g/mol. The molecule has 0 bridgehead atoms. The van der Waals surface area contributed by atoms with Crippen molar-refractivity contribution in [2.75, 3.05) is 0 Å². The van der Waals surface area contributed by atoms with Gasteiger partial charge in [-0.2, -0.15) is 5.10 Å². The van der Waals surface area contributed by atoms with Gasteiger partial charge in [-0.05, 0) is 31.2 Å². The Morgan fingerprint density at radius 3 is 2.82 bits per heavy atom. The van der Waals surface area contributed by atoms with Crippen LogP contribution in [0.5, 0.6) is 0 Å². The van der Waals surface area contributed by atoms with Crippen molar-refractivity contribution in [3.05, 3.63) is 40.8 Å². The molecule has 3 rings (SSSR count). The number of halogens is 1. The lowest BCUT2D eigenvalue weighted by Crippen LogP contribution is -1.94. The zero-order valence-corrected chi connectivity index (χ0v) is 10.7. The summed E-state index contributed by atoms with van der Waals surface area (Å²) in [4.78, 5) is 8.91. The van der Waals surface area contributed by atoms with E-state index in [0.29, 0.717) is 0 Å². The number of nitrogens with zero attached hydrogens (tertiary/aromatic N) is 3. The van der Waals surface area contributed by atoms with Crippen LogP contribution in [-0.4, -0.2) is 20.2 Å². The van der Waals surface area contributed by atoms with Crippen LogP contribution in [0.1, 0.15) is 5.82 Å². The average Bonchev–Trinajstić information content (AvgIpc) is 2.80. The van der Waals surface area contributed by atoms with Gasteiger partial charge < -0.3 is 0 Å². The maximum Gasteiger partial charge on any atom is 0.126 e. The molecule has 2 aromatic heterocycles. The van der Waals surface area contributed by atoms with E-state index in [9.17, 15) is 0 Å². The Labute approximate surface area is 106 Å². The number of nitrogens with one attached hydrogen (secondary N) is 1. The number of aromatic amines is 1. The number of aromatic nitrogens is 4. The van der Waals surface area contributed by atoms with Crippen molar-refractivity contribution in [2.24, 2.45) is 0 Å². The summed E-state index contributed by atoms with van der Waals surface area (Å²) in [5.41, 5.74) is 2.72. The van der Waals surface area contributed by atoms with E-state index in [1.165, 1.54) is 0 Å². The largest absolute Gasteiger partial charge is 0.276 e. The number of benzene rings is 1. The molecule has 4 nitrogen and oxygen atoms in total. The SMILES string of the molecule is Cc1nc(-c2ccn[nH]2)c2ccc(Br)cc2n1. The molecule has 0 spiro atoms. The predicted octanol–water partition coefficient (Wildman–Crippen LogP) is 3.09. The highest BCUT2D eigenvalue weighted by Crippen LogP contribution is 2.26. The van der Waals surface area contributed by atoms with Crippen molar-refractivity contribution in [3.63, 3.8) is 0 Å². The number of hydrogen-bond donors (Lipinski definition) is 1. The van der Waals surface area contributed by atoms with E-state index < -0.39 is 0 Å². The van der Waals surface area contributed by atoms with Crippen molar-refractivity contribution in [1.29, 1.82) is 0 Å². The van der Waals surface area contributed by atoms with E-state index in [4.69, 9.17) is 0 Å². The first-order valence-electron chi connectivity index (χ1n) is 5.18. The van der Waals surface area contributed by atoms with Crippen LogP contribution in [0.3, 0.4) is 0 Å². The van der Waals surface area contributed by atoms with E-state index in [2.05, 4.69) is 36.1 Å². The molecule has 5 heteroatoms. The Morgan fingerprint density at radius 2 is 2.06 bits per heavy atom. The van der Waals surface area contributed by atoms with Crippen LogP contribution in [0.15, 0.2) is 34.9 Å². The van der Waals surface area contributed by atoms with E-state index in [0.717, 1.165) is 32.6 Å². The quantitative estimate of drug-likeness (QED) is 0.749. The van der Waals surface area contributed by atoms with Crippen LogP contribution in [0, 0.1) is 6.92 Å². The van der Waals surface area contributed by atoms with Crippen molar-refractivity contribution in [3.8, 4) is 11.4 Å². The number of fused-ring (bicyclic) bond motifs is 1. The summed E-state index contributed by atoms with van der Waals surface area (Å²) in [6, 6.07) is 7.89. The van der Waals surface area contributed by atoms with Gasteiger partial charge in [-0.15, -0.1) is 0 Å². The predicted molar refractivity (Wildman–Crippen MR) is 69.6 cm³/mol. The molecule has 0 fully saturated rings. The van der Waals surface area contributed by atoms with Crippen molar-refractivity contribution in [1.82, 2.24) is 20.2 Å². The molecule has 0 amide bonds. The van der Waals surface area contributed by atoms with Crippen molar-refractivity contribution < 1.29 is 0 Å². The Hall–Kier alpha value is -1.75. The molecule has 0 atom stereocenters. The van der Waals surface area contributed by atoms with Gasteiger partial charge in [0.1, 0.15) is 5.82 Å². The molecule has 17 heavy (non-hydrogen) atoms. The fourth-order valence-corrected chi connectivity index (χ4v) is 2.16. The first-order chi connectivity index (χ1) is 8.24. The van der Waals surface area contributed by atoms with Crippen LogP contribution in [0.25, 0.3) is 22.3 Å². The smallest absolute Gasteiger partial charge is 0.126 e. The molecule has 1 aromatic carbocycles. The van der Waals surface area contributed by atoms with Crippen LogP contribution in [-0.2, 0) is 0 Å². The molecule has 0 radical (unpaired) electrons. The minimum atomic E-state index is 0.750. The van der Waals surface area contributed by atoms with Gasteiger partial charge in [0.05, 0.1) is 16.9 Å². The molecule has 0 aliphatic heterocycles. The lowest BCUT2D eigenvalue weighted by molar-refractivity contribution is 1.06. The Kier molecular flexibility index (Phi) is 2.40. The highest BCUT2D eigenvalue weighted by atomic mass is 79.9. The number of aryl methyl sites for hydroxylation is 1. The molecule has 84 valence electrons. The fourth-order valence-electron chi connectivity index (χ4n) is 1.81. The van der Waals surface area contributed by atoms with Gasteiger partial charge in [0.2, 0.25) is 0 Å². The van der Waals surface area contributed by atoms with Crippen molar-refractivity contribution >= 4 is 26.8 Å². The van der Waals surface area contributed by atoms with Gasteiger partial charge >= 0.3 is 0 Å². The molecular weight excluding hydrogens is 280 g/mol. The third kappa shape index (κ3) is 1.82. The first kappa shape index (κ1) is 10.4. The van der Waals surface area contributed by atoms with Crippen LogP contribution in [0.2, 0.25) is 0 Å². The Morgan fingerprint density at radius 1 is 1.18 bits per heavy atom. The normalized spacial score (nSPS) is 10.9. The summed E-state index contributed by atoms with van der Waals surface area (Å²) < 4.78 is 1.01. The Balaban J connectivity index is 2.38. The molecule has 3 aromatic rings. The van der Waals surface area contributed by atoms with E-state index >= 15 is 0 Å². The van der Waals surface area contributed by atoms with Crippen LogP contribution >= 0.6 is 15.9 Å². The Bertz CT molecular complexity index is 671. The van der Waals surface area contributed by atoms with Gasteiger partial charge in [0.25, 0.3) is 0 Å². The topological polar surface area (TPSA) is 54.5 Å². The van der Waals surface area contributed by atoms with Gasteiger partial charge in [-0.3, -0.25) is 5.10 Å². The maximum atomic E-state index is 4.48. The minimum absolute atomic E-state index is 0.750. The standard InChI is InChI=1S/C12H9BrN4/c1-7-15-11-6-8(13)2-3-9(11)12(16-7)10-4-5-14-17-10/h2-6H,1H3,(H,14,17). The lowest BCUT2D eigenvalue weighted by Gasteiger charge is -2.05. The minimum Gasteiger partial charge on any atom is -0.276 e. The zero-order chi connectivity index (χ0) is 11.8. The van der Waals surface area contributed by atoms with E-state index in [-0.39, 0.29) is 0 Å². The molecule has 1 N–H and O–H groups in total. The molecule has 0 saturated carbocycles. The van der Waals surface area contributed by atoms with Gasteiger partial charge in [-0.1, -0.05) is 15.9 Å². The van der Waals surface area contributed by atoms with Crippen LogP contribution < -0.4 is 0 Å². The number of hydrogen-bond acceptors (Lipinski definition) is 3. The van der Waals surface area contributed by atoms with Gasteiger partial charge in [0.15, 0.2) is 0 Å². The fraction of sp³-hybridized carbons (Fsp3) is 0.0833. The average molecular weight is 289 g/mol. The van der Waals surface area contributed by atoms with Gasteiger partial charge in [-0.25, -0.2) is 9.97 Å². The maximum absolute atomic E-state index is 4.48. The molecule has 0 unspecified atom stereocenters. The van der Waals surface area contributed by atoms with E-state index in [1.807, 2.05) is 31.2 Å². The third-order valence-electron chi connectivity index (χ3n) is 2.53. The summed E-state index contributed by atoms with van der Waals surface area (Å²) in [5, 5.41) is 7.91. The molecule has 0 aliphatic rings. The second-order valence-electron chi connectivity index (χ2n) is 3.75. The molecular formula is C12H9BrN4. The second-order valence-corrected chi connectivity index (χ2v) is 4.67. The highest BCUT2D eigenvalue weighted by Gasteiger charge is 2.09. The zero-order valence-electron chi connectivity index (χ0n) is 9.11. The molecule has 0 saturated heterocycles. The summed E-state index contributed by atoms with van der Waals surface area (Å²) in [6.45, 7) is 1.89.